The number of urea groups is 1. The Morgan fingerprint density at radius 3 is 2.67 bits per heavy atom. The average Bonchev–Trinajstić information content (AvgIpc) is 2.87. The van der Waals surface area contributed by atoms with E-state index in [4.69, 9.17) is 4.74 Å². The number of carbonyl (C=O) groups excluding carboxylic acids is 3. The van der Waals surface area contributed by atoms with E-state index >= 15 is 0 Å². The third kappa shape index (κ3) is 3.77. The van der Waals surface area contributed by atoms with Crippen molar-refractivity contribution in [3.8, 4) is 5.75 Å². The van der Waals surface area contributed by atoms with E-state index in [1.807, 2.05) is 38.1 Å². The molecule has 4 amide bonds. The second-order valence-corrected chi connectivity index (χ2v) is 7.20. The number of para-hydroxylation sites is 1. The Bertz CT molecular complexity index is 728. The molecule has 1 unspecified atom stereocenters. The Kier molecular flexibility index (Phi) is 5.68. The van der Waals surface area contributed by atoms with Crippen molar-refractivity contribution in [2.45, 2.75) is 57.5 Å². The number of fused-ring (bicyclic) bond motifs is 1. The quantitative estimate of drug-likeness (QED) is 0.719. The maximum atomic E-state index is 12.9. The number of benzene rings is 1. The molecule has 1 fully saturated rings. The van der Waals surface area contributed by atoms with E-state index in [9.17, 15) is 14.4 Å². The molecule has 7 nitrogen and oxygen atoms in total. The first-order valence-corrected chi connectivity index (χ1v) is 9.66. The summed E-state index contributed by atoms with van der Waals surface area (Å²) in [5.41, 5.74) is 0.0483. The number of rotatable bonds is 7. The fraction of sp³-hybridized carbons (Fsp3) is 0.550. The normalized spacial score (nSPS) is 20.7. The van der Waals surface area contributed by atoms with Crippen LogP contribution in [0.25, 0.3) is 0 Å². The van der Waals surface area contributed by atoms with Crippen molar-refractivity contribution < 1.29 is 19.1 Å². The molecule has 0 radical (unpaired) electrons. The highest BCUT2D eigenvalue weighted by atomic mass is 16.5. The topological polar surface area (TPSA) is 87.7 Å². The molecule has 0 spiro atoms. The lowest BCUT2D eigenvalue weighted by Crippen LogP contribution is -2.47. The smallest absolute Gasteiger partial charge is 0.325 e. The maximum Gasteiger partial charge on any atom is 0.325 e. The summed E-state index contributed by atoms with van der Waals surface area (Å²) in [6, 6.07) is 6.91. The van der Waals surface area contributed by atoms with Gasteiger partial charge < -0.3 is 15.4 Å². The highest BCUT2D eigenvalue weighted by molar-refractivity contribution is 6.09. The average molecular weight is 373 g/mol. The summed E-state index contributed by atoms with van der Waals surface area (Å²) in [5.74, 6) is 0.122. The summed E-state index contributed by atoms with van der Waals surface area (Å²) in [4.78, 5) is 38.9. The van der Waals surface area contributed by atoms with Crippen LogP contribution in [0.4, 0.5) is 4.79 Å². The predicted octanol–water partition coefficient (Wildman–Crippen LogP) is 2.52. The fourth-order valence-corrected chi connectivity index (χ4v) is 4.01. The van der Waals surface area contributed by atoms with E-state index < -0.39 is 11.6 Å². The lowest BCUT2D eigenvalue weighted by molar-refractivity contribution is -0.135. The molecular weight excluding hydrogens is 346 g/mol. The molecule has 0 aromatic heterocycles. The van der Waals surface area contributed by atoms with E-state index in [2.05, 4.69) is 10.6 Å². The zero-order valence-corrected chi connectivity index (χ0v) is 15.9. The zero-order chi connectivity index (χ0) is 19.4. The van der Waals surface area contributed by atoms with E-state index in [1.54, 1.807) is 0 Å². The second-order valence-electron chi connectivity index (χ2n) is 7.20. The van der Waals surface area contributed by atoms with E-state index in [1.165, 1.54) is 0 Å². The molecule has 1 saturated heterocycles. The van der Waals surface area contributed by atoms with Crippen LogP contribution in [-0.2, 0) is 9.59 Å². The lowest BCUT2D eigenvalue weighted by atomic mass is 9.88. The van der Waals surface area contributed by atoms with Crippen molar-refractivity contribution in [3.05, 3.63) is 29.8 Å². The number of hydrogen-bond acceptors (Lipinski definition) is 4. The Morgan fingerprint density at radius 2 is 1.96 bits per heavy atom. The first-order valence-electron chi connectivity index (χ1n) is 9.66. The second kappa shape index (κ2) is 7.98. The summed E-state index contributed by atoms with van der Waals surface area (Å²) in [7, 11) is 0. The Hall–Kier alpha value is -2.57. The van der Waals surface area contributed by atoms with Crippen LogP contribution in [0.5, 0.6) is 5.75 Å². The van der Waals surface area contributed by atoms with Gasteiger partial charge in [0.15, 0.2) is 0 Å². The van der Waals surface area contributed by atoms with E-state index in [0.717, 1.165) is 29.1 Å². The van der Waals surface area contributed by atoms with E-state index in [-0.39, 0.29) is 24.4 Å². The van der Waals surface area contributed by atoms with Crippen LogP contribution in [0.3, 0.4) is 0 Å². The lowest BCUT2D eigenvalue weighted by Gasteiger charge is -2.27. The number of imide groups is 1. The first-order chi connectivity index (χ1) is 13.0. The molecule has 1 aromatic rings. The zero-order valence-electron chi connectivity index (χ0n) is 15.9. The first kappa shape index (κ1) is 19.2. The summed E-state index contributed by atoms with van der Waals surface area (Å²) < 4.78 is 5.60. The van der Waals surface area contributed by atoms with Crippen molar-refractivity contribution in [3.63, 3.8) is 0 Å². The molecule has 2 aliphatic heterocycles. The molecule has 1 aromatic carbocycles. The number of ether oxygens (including phenoxy) is 1. The molecule has 146 valence electrons. The van der Waals surface area contributed by atoms with Crippen LogP contribution >= 0.6 is 0 Å². The minimum Gasteiger partial charge on any atom is -0.493 e. The minimum absolute atomic E-state index is 0.181. The van der Waals surface area contributed by atoms with E-state index in [0.29, 0.717) is 25.9 Å². The molecule has 0 bridgehead atoms. The van der Waals surface area contributed by atoms with Gasteiger partial charge in [-0.15, -0.1) is 0 Å². The van der Waals surface area contributed by atoms with Crippen LogP contribution in [0, 0.1) is 0 Å². The van der Waals surface area contributed by atoms with Gasteiger partial charge in [0.1, 0.15) is 17.8 Å². The number of nitrogens with zero attached hydrogens (tertiary/aromatic N) is 1. The SMILES string of the molecule is CCCC1(CCC)NC(=O)N(CC(=O)NC2CCOc3ccccc32)C1=O. The van der Waals surface area contributed by atoms with Gasteiger partial charge >= 0.3 is 6.03 Å². The Labute approximate surface area is 159 Å². The van der Waals surface area contributed by atoms with Gasteiger partial charge in [-0.3, -0.25) is 14.5 Å². The van der Waals surface area contributed by atoms with Gasteiger partial charge in [-0.25, -0.2) is 4.79 Å². The number of amides is 4. The van der Waals surface area contributed by atoms with Gasteiger partial charge in [-0.05, 0) is 18.9 Å². The minimum atomic E-state index is -0.869. The molecule has 2 aliphatic rings. The van der Waals surface area contributed by atoms with Crippen LogP contribution < -0.4 is 15.4 Å². The third-order valence-electron chi connectivity index (χ3n) is 5.19. The van der Waals surface area contributed by atoms with Crippen molar-refractivity contribution >= 4 is 17.8 Å². The summed E-state index contributed by atoms with van der Waals surface area (Å²) in [5, 5.41) is 5.77. The highest BCUT2D eigenvalue weighted by Gasteiger charge is 2.50. The molecule has 27 heavy (non-hydrogen) atoms. The van der Waals surface area contributed by atoms with Gasteiger partial charge in [0.25, 0.3) is 5.91 Å². The van der Waals surface area contributed by atoms with Gasteiger partial charge in [0.05, 0.1) is 12.6 Å². The molecule has 0 saturated carbocycles. The van der Waals surface area contributed by atoms with Gasteiger partial charge in [0.2, 0.25) is 5.91 Å². The van der Waals surface area contributed by atoms with Crippen LogP contribution in [0.2, 0.25) is 0 Å². The van der Waals surface area contributed by atoms with Gasteiger partial charge in [0, 0.05) is 12.0 Å². The molecule has 1 atom stereocenters. The fourth-order valence-electron chi connectivity index (χ4n) is 4.01. The van der Waals surface area contributed by atoms with Crippen molar-refractivity contribution in [2.75, 3.05) is 13.2 Å². The summed E-state index contributed by atoms with van der Waals surface area (Å²) >= 11 is 0. The van der Waals surface area contributed by atoms with Gasteiger partial charge in [-0.1, -0.05) is 44.9 Å². The summed E-state index contributed by atoms with van der Waals surface area (Å²) in [6.45, 7) is 4.21. The third-order valence-corrected chi connectivity index (χ3v) is 5.19. The van der Waals surface area contributed by atoms with Crippen LogP contribution in [-0.4, -0.2) is 41.4 Å². The Morgan fingerprint density at radius 1 is 1.26 bits per heavy atom. The number of nitrogens with one attached hydrogen (secondary N) is 2. The van der Waals surface area contributed by atoms with Crippen molar-refractivity contribution in [2.24, 2.45) is 0 Å². The molecule has 7 heteroatoms. The molecule has 2 heterocycles. The molecule has 0 aliphatic carbocycles. The predicted molar refractivity (Wildman–Crippen MR) is 100 cm³/mol. The molecule has 3 rings (SSSR count). The summed E-state index contributed by atoms with van der Waals surface area (Å²) in [6.07, 6.45) is 3.38. The Balaban J connectivity index is 1.68. The molecule has 2 N–H and O–H groups in total. The van der Waals surface area contributed by atoms with Crippen molar-refractivity contribution in [1.29, 1.82) is 0 Å². The van der Waals surface area contributed by atoms with Crippen LogP contribution in [0.15, 0.2) is 24.3 Å². The van der Waals surface area contributed by atoms with Crippen LogP contribution in [0.1, 0.15) is 57.6 Å². The highest BCUT2D eigenvalue weighted by Crippen LogP contribution is 2.32. The number of carbonyl (C=O) groups is 3. The standard InChI is InChI=1S/C20H27N3O4/c1-3-10-20(11-4-2)18(25)23(19(26)22-20)13-17(24)21-15-9-12-27-16-8-6-5-7-14(15)16/h5-8,15H,3-4,9-13H2,1-2H3,(H,21,24)(H,22,26). The largest absolute Gasteiger partial charge is 0.493 e. The monoisotopic (exact) mass is 373 g/mol. The van der Waals surface area contributed by atoms with Crippen molar-refractivity contribution in [1.82, 2.24) is 15.5 Å². The number of hydrogen-bond donors (Lipinski definition) is 2. The molecular formula is C20H27N3O4. The van der Waals surface area contributed by atoms with Gasteiger partial charge in [-0.2, -0.15) is 0 Å². The maximum absolute atomic E-state index is 12.9.